The number of rotatable bonds is 3. The zero-order valence-electron chi connectivity index (χ0n) is 10.9. The highest BCUT2D eigenvalue weighted by Crippen LogP contribution is 2.44. The van der Waals surface area contributed by atoms with Crippen LogP contribution in [0.4, 0.5) is 13.2 Å². The van der Waals surface area contributed by atoms with Gasteiger partial charge in [0.2, 0.25) is 5.91 Å². The summed E-state index contributed by atoms with van der Waals surface area (Å²) in [6.07, 6.45) is -4.62. The molecule has 1 aromatic rings. The first kappa shape index (κ1) is 15.8. The van der Waals surface area contributed by atoms with E-state index in [1.54, 1.807) is 20.8 Å². The smallest absolute Gasteiger partial charge is 0.366 e. The van der Waals surface area contributed by atoms with Crippen LogP contribution < -0.4 is 5.73 Å². The van der Waals surface area contributed by atoms with Crippen LogP contribution in [0.1, 0.15) is 48.2 Å². The molecule has 2 nitrogen and oxygen atoms in total. The predicted molar refractivity (Wildman–Crippen MR) is 68.2 cm³/mol. The van der Waals surface area contributed by atoms with Gasteiger partial charge in [0.15, 0.2) is 0 Å². The van der Waals surface area contributed by atoms with Gasteiger partial charge in [-0.15, -0.1) is 0 Å². The number of primary amides is 1. The number of amides is 1. The molecule has 0 fully saturated rings. The third kappa shape index (κ3) is 3.37. The van der Waals surface area contributed by atoms with Crippen molar-refractivity contribution in [2.24, 2.45) is 5.73 Å². The summed E-state index contributed by atoms with van der Waals surface area (Å²) in [4.78, 5) is 11.2. The fraction of sp³-hybridized carbons (Fsp3) is 0.462. The van der Waals surface area contributed by atoms with Crippen LogP contribution in [-0.4, -0.2) is 16.1 Å². The number of alkyl halides is 3. The maximum absolute atomic E-state index is 13.2. The number of carbonyl (C=O) groups is 1. The largest absolute Gasteiger partial charge is 0.417 e. The van der Waals surface area contributed by atoms with E-state index < -0.39 is 34.2 Å². The molecule has 0 aliphatic rings. The number of nitrogens with two attached hydrogens (primary N) is 1. The van der Waals surface area contributed by atoms with Gasteiger partial charge in [0.05, 0.1) is 11.1 Å². The second-order valence-corrected chi connectivity index (χ2v) is 6.36. The standard InChI is InChI=1S/C13H15F3NOSi/c1-7(12(2,3)19)8-5-4-6-9(11(17)18)10(8)13(14,15)16/h4-7H,1-3H3,(H2,17,18). The fourth-order valence-corrected chi connectivity index (χ4v) is 2.00. The van der Waals surface area contributed by atoms with Crippen molar-refractivity contribution in [3.8, 4) is 0 Å². The molecular formula is C13H15F3NOSi. The van der Waals surface area contributed by atoms with Crippen LogP contribution in [0.2, 0.25) is 5.04 Å². The number of hydrogen-bond acceptors (Lipinski definition) is 1. The van der Waals surface area contributed by atoms with E-state index in [9.17, 15) is 18.0 Å². The lowest BCUT2D eigenvalue weighted by Gasteiger charge is -2.30. The van der Waals surface area contributed by atoms with Crippen LogP contribution in [-0.2, 0) is 6.18 Å². The Morgan fingerprint density at radius 1 is 1.32 bits per heavy atom. The summed E-state index contributed by atoms with van der Waals surface area (Å²) in [6.45, 7) is 5.21. The molecule has 0 spiro atoms. The van der Waals surface area contributed by atoms with Crippen LogP contribution in [0.5, 0.6) is 0 Å². The lowest BCUT2D eigenvalue weighted by Crippen LogP contribution is -2.23. The molecule has 6 heteroatoms. The molecule has 0 heterocycles. The summed E-state index contributed by atoms with van der Waals surface area (Å²) in [7, 11) is 3.42. The summed E-state index contributed by atoms with van der Waals surface area (Å²) in [5, 5.41) is -0.545. The molecule has 1 amide bonds. The van der Waals surface area contributed by atoms with Crippen molar-refractivity contribution in [3.05, 3.63) is 34.9 Å². The van der Waals surface area contributed by atoms with Gasteiger partial charge in [0.1, 0.15) is 0 Å². The van der Waals surface area contributed by atoms with E-state index in [2.05, 4.69) is 10.2 Å². The Balaban J connectivity index is 3.58. The minimum absolute atomic E-state index is 0.0591. The lowest BCUT2D eigenvalue weighted by molar-refractivity contribution is -0.138. The van der Waals surface area contributed by atoms with Gasteiger partial charge in [-0.05, 0) is 22.6 Å². The molecule has 0 saturated heterocycles. The number of halogens is 3. The second kappa shape index (κ2) is 5.00. The van der Waals surface area contributed by atoms with Crippen molar-refractivity contribution in [2.45, 2.75) is 37.9 Å². The zero-order chi connectivity index (χ0) is 15.0. The van der Waals surface area contributed by atoms with E-state index in [0.717, 1.165) is 6.07 Å². The summed E-state index contributed by atoms with van der Waals surface area (Å²) < 4.78 is 39.6. The zero-order valence-corrected chi connectivity index (χ0v) is 11.9. The molecule has 19 heavy (non-hydrogen) atoms. The second-order valence-electron chi connectivity index (χ2n) is 5.08. The van der Waals surface area contributed by atoms with Gasteiger partial charge >= 0.3 is 6.18 Å². The average molecular weight is 286 g/mol. The van der Waals surface area contributed by atoms with Crippen LogP contribution in [0.15, 0.2) is 18.2 Å². The van der Waals surface area contributed by atoms with Crippen LogP contribution in [0.3, 0.4) is 0 Å². The van der Waals surface area contributed by atoms with Crippen LogP contribution in [0, 0.1) is 0 Å². The van der Waals surface area contributed by atoms with Gasteiger partial charge in [0, 0.05) is 10.2 Å². The molecule has 3 radical (unpaired) electrons. The molecule has 0 aliphatic carbocycles. The highest BCUT2D eigenvalue weighted by molar-refractivity contribution is 6.15. The van der Waals surface area contributed by atoms with Crippen molar-refractivity contribution in [1.29, 1.82) is 0 Å². The molecule has 1 rings (SSSR count). The third-order valence-electron chi connectivity index (χ3n) is 3.19. The fourth-order valence-electron chi connectivity index (χ4n) is 1.84. The Hall–Kier alpha value is -1.30. The molecular weight excluding hydrogens is 271 g/mol. The Morgan fingerprint density at radius 2 is 1.84 bits per heavy atom. The Bertz CT molecular complexity index is 492. The number of carbonyl (C=O) groups excluding carboxylic acids is 1. The minimum Gasteiger partial charge on any atom is -0.366 e. The molecule has 0 saturated carbocycles. The number of benzene rings is 1. The van der Waals surface area contributed by atoms with E-state index in [-0.39, 0.29) is 5.56 Å². The third-order valence-corrected chi connectivity index (χ3v) is 3.63. The van der Waals surface area contributed by atoms with Crippen molar-refractivity contribution < 1.29 is 18.0 Å². The average Bonchev–Trinajstić information content (AvgIpc) is 2.24. The van der Waals surface area contributed by atoms with E-state index >= 15 is 0 Å². The first-order valence-electron chi connectivity index (χ1n) is 5.71. The molecule has 1 unspecified atom stereocenters. The normalized spacial score (nSPS) is 14.3. The summed E-state index contributed by atoms with van der Waals surface area (Å²) in [6, 6.07) is 3.89. The molecule has 2 N–H and O–H groups in total. The van der Waals surface area contributed by atoms with Crippen LogP contribution >= 0.6 is 0 Å². The van der Waals surface area contributed by atoms with E-state index in [1.807, 2.05) is 0 Å². The monoisotopic (exact) mass is 286 g/mol. The lowest BCUT2D eigenvalue weighted by atomic mass is 9.84. The van der Waals surface area contributed by atoms with Gasteiger partial charge in [-0.25, -0.2) is 0 Å². The minimum atomic E-state index is -4.62. The first-order valence-corrected chi connectivity index (χ1v) is 6.21. The molecule has 1 aromatic carbocycles. The van der Waals surface area contributed by atoms with Gasteiger partial charge in [-0.3, -0.25) is 4.79 Å². The van der Waals surface area contributed by atoms with Crippen LogP contribution in [0.25, 0.3) is 0 Å². The molecule has 103 valence electrons. The van der Waals surface area contributed by atoms with Crippen molar-refractivity contribution >= 4 is 16.1 Å². The number of hydrogen-bond donors (Lipinski definition) is 1. The van der Waals surface area contributed by atoms with E-state index in [0.29, 0.717) is 0 Å². The molecule has 1 atom stereocenters. The summed E-state index contributed by atoms with van der Waals surface area (Å²) in [5.41, 5.74) is 3.66. The predicted octanol–water partition coefficient (Wildman–Crippen LogP) is 3.27. The first-order chi connectivity index (χ1) is 8.46. The van der Waals surface area contributed by atoms with E-state index in [4.69, 9.17) is 5.73 Å². The summed E-state index contributed by atoms with van der Waals surface area (Å²) in [5.74, 6) is -1.52. The Kier molecular flexibility index (Phi) is 4.14. The van der Waals surface area contributed by atoms with Crippen molar-refractivity contribution in [1.82, 2.24) is 0 Å². The Labute approximate surface area is 113 Å². The summed E-state index contributed by atoms with van der Waals surface area (Å²) >= 11 is 0. The highest BCUT2D eigenvalue weighted by atomic mass is 28.1. The molecule has 0 aromatic heterocycles. The quantitative estimate of drug-likeness (QED) is 0.851. The highest BCUT2D eigenvalue weighted by Gasteiger charge is 2.40. The van der Waals surface area contributed by atoms with Gasteiger partial charge in [-0.2, -0.15) is 13.2 Å². The maximum Gasteiger partial charge on any atom is 0.417 e. The van der Waals surface area contributed by atoms with Crippen molar-refractivity contribution in [3.63, 3.8) is 0 Å². The SMILES string of the molecule is CC(c1cccc(C(N)=O)c1C(F)(F)F)C(C)(C)[Si]. The van der Waals surface area contributed by atoms with Gasteiger partial charge < -0.3 is 5.73 Å². The topological polar surface area (TPSA) is 43.1 Å². The van der Waals surface area contributed by atoms with Gasteiger partial charge in [-0.1, -0.05) is 32.9 Å². The van der Waals surface area contributed by atoms with Crippen molar-refractivity contribution in [2.75, 3.05) is 0 Å². The molecule has 0 bridgehead atoms. The maximum atomic E-state index is 13.2. The Morgan fingerprint density at radius 3 is 2.21 bits per heavy atom. The van der Waals surface area contributed by atoms with Gasteiger partial charge in [0.25, 0.3) is 0 Å². The van der Waals surface area contributed by atoms with E-state index in [1.165, 1.54) is 12.1 Å². The molecule has 0 aliphatic heterocycles.